The molecule has 0 bridgehead atoms. The summed E-state index contributed by atoms with van der Waals surface area (Å²) in [4.78, 5) is 16.6. The smallest absolute Gasteiger partial charge is 0.251 e. The second kappa shape index (κ2) is 7.77. The highest BCUT2D eigenvalue weighted by Crippen LogP contribution is 2.23. The van der Waals surface area contributed by atoms with Crippen LogP contribution < -0.4 is 5.32 Å². The Kier molecular flexibility index (Phi) is 5.61. The third-order valence-corrected chi connectivity index (χ3v) is 5.60. The molecule has 0 aliphatic carbocycles. The molecule has 3 aromatic rings. The van der Waals surface area contributed by atoms with Gasteiger partial charge in [-0.1, -0.05) is 17.7 Å². The topological polar surface area (TPSA) is 77.6 Å². The third kappa shape index (κ3) is 4.19. The standard InChI is InChI=1S/C17H17BrClFN6O/c1-9-15(18)10(2)26(23-9)11(3)16(27)22-17-21-8-25(24-17)7-12-4-5-13(20)6-14(12)19/h4-6,8,11H,7H2,1-3H3,(H,22,24,27). The molecule has 2 heterocycles. The van der Waals surface area contributed by atoms with Crippen LogP contribution in [0, 0.1) is 19.7 Å². The van der Waals surface area contributed by atoms with E-state index in [0.29, 0.717) is 17.1 Å². The summed E-state index contributed by atoms with van der Waals surface area (Å²) < 4.78 is 17.2. The average molecular weight is 456 g/mol. The van der Waals surface area contributed by atoms with E-state index >= 15 is 0 Å². The molecule has 2 aromatic heterocycles. The molecule has 0 saturated heterocycles. The lowest BCUT2D eigenvalue weighted by atomic mass is 10.2. The van der Waals surface area contributed by atoms with Crippen LogP contribution in [0.3, 0.4) is 0 Å². The number of benzene rings is 1. The molecule has 7 nitrogen and oxygen atoms in total. The van der Waals surface area contributed by atoms with Crippen LogP contribution >= 0.6 is 27.5 Å². The van der Waals surface area contributed by atoms with Gasteiger partial charge in [0.2, 0.25) is 5.95 Å². The Labute approximate surface area is 168 Å². The normalized spacial score (nSPS) is 12.2. The molecule has 1 aromatic carbocycles. The van der Waals surface area contributed by atoms with Gasteiger partial charge in [-0.2, -0.15) is 5.10 Å². The predicted molar refractivity (Wildman–Crippen MR) is 103 cm³/mol. The molecular weight excluding hydrogens is 439 g/mol. The number of hydrogen-bond donors (Lipinski definition) is 1. The first-order valence-corrected chi connectivity index (χ1v) is 9.28. The molecular formula is C17H17BrClFN6O. The maximum Gasteiger partial charge on any atom is 0.251 e. The van der Waals surface area contributed by atoms with Crippen molar-refractivity contribution in [3.05, 3.63) is 56.8 Å². The van der Waals surface area contributed by atoms with Gasteiger partial charge in [-0.25, -0.2) is 14.1 Å². The average Bonchev–Trinajstić information content (AvgIpc) is 3.16. The van der Waals surface area contributed by atoms with Gasteiger partial charge in [-0.05, 0) is 54.4 Å². The van der Waals surface area contributed by atoms with E-state index < -0.39 is 11.9 Å². The van der Waals surface area contributed by atoms with E-state index in [4.69, 9.17) is 11.6 Å². The Hall–Kier alpha value is -2.26. The van der Waals surface area contributed by atoms with Gasteiger partial charge in [-0.3, -0.25) is 14.8 Å². The highest BCUT2D eigenvalue weighted by atomic mass is 79.9. The van der Waals surface area contributed by atoms with Crippen LogP contribution in [-0.2, 0) is 11.3 Å². The highest BCUT2D eigenvalue weighted by Gasteiger charge is 2.21. The first-order chi connectivity index (χ1) is 12.8. The molecule has 0 aliphatic rings. The molecule has 1 N–H and O–H groups in total. The first-order valence-electron chi connectivity index (χ1n) is 8.11. The van der Waals surface area contributed by atoms with Crippen molar-refractivity contribution < 1.29 is 9.18 Å². The maximum absolute atomic E-state index is 13.1. The predicted octanol–water partition coefficient (Wildman–Crippen LogP) is 3.89. The largest absolute Gasteiger partial charge is 0.291 e. The molecule has 0 fully saturated rings. The van der Waals surface area contributed by atoms with E-state index in [1.807, 2.05) is 13.8 Å². The molecule has 0 radical (unpaired) electrons. The van der Waals surface area contributed by atoms with E-state index in [1.54, 1.807) is 17.7 Å². The van der Waals surface area contributed by atoms with Gasteiger partial charge < -0.3 is 0 Å². The van der Waals surface area contributed by atoms with Gasteiger partial charge in [0.15, 0.2) is 0 Å². The van der Waals surface area contributed by atoms with Crippen molar-refractivity contribution in [2.45, 2.75) is 33.4 Å². The van der Waals surface area contributed by atoms with Crippen molar-refractivity contribution >= 4 is 39.4 Å². The number of aromatic nitrogens is 5. The van der Waals surface area contributed by atoms with Crippen molar-refractivity contribution in [2.75, 3.05) is 5.32 Å². The molecule has 3 rings (SSSR count). The summed E-state index contributed by atoms with van der Waals surface area (Å²) in [5.74, 6) is -0.517. The second-order valence-electron chi connectivity index (χ2n) is 6.10. The number of hydrogen-bond acceptors (Lipinski definition) is 4. The van der Waals surface area contributed by atoms with Crippen molar-refractivity contribution in [2.24, 2.45) is 0 Å². The Bertz CT molecular complexity index is 1000. The van der Waals surface area contributed by atoms with Crippen LogP contribution in [0.1, 0.15) is 29.9 Å². The fraction of sp³-hybridized carbons (Fsp3) is 0.294. The summed E-state index contributed by atoms with van der Waals surface area (Å²) in [6.07, 6.45) is 1.47. The van der Waals surface area contributed by atoms with Crippen molar-refractivity contribution in [1.29, 1.82) is 0 Å². The monoisotopic (exact) mass is 454 g/mol. The number of nitrogens with zero attached hydrogens (tertiary/aromatic N) is 5. The van der Waals surface area contributed by atoms with Crippen LogP contribution in [-0.4, -0.2) is 30.5 Å². The summed E-state index contributed by atoms with van der Waals surface area (Å²) in [6, 6.07) is 3.62. The summed E-state index contributed by atoms with van der Waals surface area (Å²) in [5.41, 5.74) is 2.37. The number of nitrogens with one attached hydrogen (secondary N) is 1. The van der Waals surface area contributed by atoms with Crippen LogP contribution in [0.25, 0.3) is 0 Å². The van der Waals surface area contributed by atoms with Crippen molar-refractivity contribution in [3.8, 4) is 0 Å². The van der Waals surface area contributed by atoms with Crippen molar-refractivity contribution in [1.82, 2.24) is 24.5 Å². The van der Waals surface area contributed by atoms with E-state index in [2.05, 4.69) is 36.4 Å². The van der Waals surface area contributed by atoms with Crippen LogP contribution in [0.2, 0.25) is 5.02 Å². The number of rotatable bonds is 5. The molecule has 0 aliphatic heterocycles. The molecule has 10 heteroatoms. The Balaban J connectivity index is 1.69. The molecule has 0 spiro atoms. The van der Waals surface area contributed by atoms with Gasteiger partial charge in [0.25, 0.3) is 5.91 Å². The number of aryl methyl sites for hydroxylation is 1. The molecule has 142 valence electrons. The zero-order valence-electron chi connectivity index (χ0n) is 14.9. The summed E-state index contributed by atoms with van der Waals surface area (Å²) in [6.45, 7) is 5.80. The zero-order chi connectivity index (χ0) is 19.7. The molecule has 0 saturated carbocycles. The minimum atomic E-state index is -0.534. The molecule has 1 amide bonds. The molecule has 1 unspecified atom stereocenters. The lowest BCUT2D eigenvalue weighted by molar-refractivity contribution is -0.119. The van der Waals surface area contributed by atoms with Gasteiger partial charge in [0, 0.05) is 5.02 Å². The minimum absolute atomic E-state index is 0.172. The van der Waals surface area contributed by atoms with Crippen LogP contribution in [0.15, 0.2) is 29.0 Å². The highest BCUT2D eigenvalue weighted by molar-refractivity contribution is 9.10. The SMILES string of the molecule is Cc1nn(C(C)C(=O)Nc2ncn(Cc3ccc(F)cc3Cl)n2)c(C)c1Br. The fourth-order valence-corrected chi connectivity index (χ4v) is 3.09. The van der Waals surface area contributed by atoms with E-state index in [1.165, 1.54) is 23.1 Å². The molecule has 1 atom stereocenters. The van der Waals surface area contributed by atoms with E-state index in [0.717, 1.165) is 15.9 Å². The summed E-state index contributed by atoms with van der Waals surface area (Å²) >= 11 is 9.48. The summed E-state index contributed by atoms with van der Waals surface area (Å²) in [5, 5.41) is 11.6. The van der Waals surface area contributed by atoms with Gasteiger partial charge in [-0.15, -0.1) is 5.10 Å². The third-order valence-electron chi connectivity index (χ3n) is 4.10. The number of carbonyl (C=O) groups is 1. The van der Waals surface area contributed by atoms with Crippen molar-refractivity contribution in [3.63, 3.8) is 0 Å². The maximum atomic E-state index is 13.1. The lowest BCUT2D eigenvalue weighted by Crippen LogP contribution is -2.25. The number of carbonyl (C=O) groups excluding carboxylic acids is 1. The zero-order valence-corrected chi connectivity index (χ0v) is 17.2. The van der Waals surface area contributed by atoms with Crippen LogP contribution in [0.5, 0.6) is 0 Å². The Morgan fingerprint density at radius 1 is 1.37 bits per heavy atom. The summed E-state index contributed by atoms with van der Waals surface area (Å²) in [7, 11) is 0. The lowest BCUT2D eigenvalue weighted by Gasteiger charge is -2.13. The fourth-order valence-electron chi connectivity index (χ4n) is 2.60. The van der Waals surface area contributed by atoms with E-state index in [-0.39, 0.29) is 11.9 Å². The van der Waals surface area contributed by atoms with Gasteiger partial charge >= 0.3 is 0 Å². The second-order valence-corrected chi connectivity index (χ2v) is 7.30. The number of anilines is 1. The van der Waals surface area contributed by atoms with Gasteiger partial charge in [0.1, 0.15) is 18.2 Å². The first kappa shape index (κ1) is 19.5. The van der Waals surface area contributed by atoms with E-state index in [9.17, 15) is 9.18 Å². The molecule has 27 heavy (non-hydrogen) atoms. The number of halogens is 3. The Morgan fingerprint density at radius 2 is 2.11 bits per heavy atom. The Morgan fingerprint density at radius 3 is 2.74 bits per heavy atom. The quantitative estimate of drug-likeness (QED) is 0.633. The minimum Gasteiger partial charge on any atom is -0.291 e. The van der Waals surface area contributed by atoms with Gasteiger partial charge in [0.05, 0.1) is 22.4 Å². The number of amides is 1. The van der Waals surface area contributed by atoms with Crippen LogP contribution in [0.4, 0.5) is 10.3 Å².